The fraction of sp³-hybridized carbons (Fsp3) is 0.200. The zero-order valence-corrected chi connectivity index (χ0v) is 12.5. The topological polar surface area (TPSA) is 25.8 Å². The summed E-state index contributed by atoms with van der Waals surface area (Å²) < 4.78 is 0. The molecule has 19 heavy (non-hydrogen) atoms. The maximum atomic E-state index is 4.45. The third kappa shape index (κ3) is 2.26. The van der Waals surface area contributed by atoms with Crippen molar-refractivity contribution in [2.45, 2.75) is 18.9 Å². The Kier molecular flexibility index (Phi) is 3.53. The molecule has 0 aliphatic heterocycles. The quantitative estimate of drug-likeness (QED) is 0.512. The minimum atomic E-state index is 1.02. The van der Waals surface area contributed by atoms with Crippen LogP contribution in [0.5, 0.6) is 0 Å². The summed E-state index contributed by atoms with van der Waals surface area (Å²) in [5.41, 5.74) is 2.54. The van der Waals surface area contributed by atoms with Crippen molar-refractivity contribution in [2.24, 2.45) is 0 Å². The second-order valence-electron chi connectivity index (χ2n) is 4.19. The maximum absolute atomic E-state index is 4.45. The maximum Gasteiger partial charge on any atom is 0.128 e. The molecule has 0 unspecified atom stereocenters. The summed E-state index contributed by atoms with van der Waals surface area (Å²) in [5, 5.41) is 2.30. The summed E-state index contributed by atoms with van der Waals surface area (Å²) in [7, 11) is 0. The zero-order valence-electron chi connectivity index (χ0n) is 10.9. The van der Waals surface area contributed by atoms with Crippen molar-refractivity contribution in [2.75, 3.05) is 5.75 Å². The SMILES string of the molecule is CCSc1ncnc2sc(C)c(-c3ccccc3)c12. The van der Waals surface area contributed by atoms with Gasteiger partial charge >= 0.3 is 0 Å². The van der Waals surface area contributed by atoms with Gasteiger partial charge in [-0.25, -0.2) is 9.97 Å². The Morgan fingerprint density at radius 1 is 1.16 bits per heavy atom. The van der Waals surface area contributed by atoms with Crippen molar-refractivity contribution < 1.29 is 0 Å². The van der Waals surface area contributed by atoms with E-state index in [1.807, 2.05) is 6.07 Å². The molecule has 0 aliphatic carbocycles. The van der Waals surface area contributed by atoms with Crippen LogP contribution in [0.15, 0.2) is 41.7 Å². The van der Waals surface area contributed by atoms with Crippen molar-refractivity contribution in [1.29, 1.82) is 0 Å². The van der Waals surface area contributed by atoms with E-state index in [0.717, 1.165) is 15.6 Å². The van der Waals surface area contributed by atoms with Gasteiger partial charge in [0.05, 0.1) is 5.39 Å². The lowest BCUT2D eigenvalue weighted by Gasteiger charge is -2.04. The van der Waals surface area contributed by atoms with Crippen molar-refractivity contribution >= 4 is 33.3 Å². The van der Waals surface area contributed by atoms with Crippen molar-refractivity contribution in [3.63, 3.8) is 0 Å². The van der Waals surface area contributed by atoms with Gasteiger partial charge in [-0.05, 0) is 18.2 Å². The van der Waals surface area contributed by atoms with Crippen LogP contribution in [0.2, 0.25) is 0 Å². The molecule has 4 heteroatoms. The van der Waals surface area contributed by atoms with Crippen LogP contribution in [-0.2, 0) is 0 Å². The molecule has 0 amide bonds. The number of hydrogen-bond acceptors (Lipinski definition) is 4. The van der Waals surface area contributed by atoms with Crippen molar-refractivity contribution in [3.8, 4) is 11.1 Å². The fourth-order valence-corrected chi connectivity index (χ4v) is 4.03. The Hall–Kier alpha value is -1.39. The first kappa shape index (κ1) is 12.6. The molecule has 96 valence electrons. The Labute approximate surface area is 120 Å². The third-order valence-electron chi connectivity index (χ3n) is 2.97. The standard InChI is InChI=1S/C15H14N2S2/c1-3-18-14-13-12(11-7-5-4-6-8-11)10(2)19-15(13)17-9-16-14/h4-9H,3H2,1-2H3. The predicted octanol–water partition coefficient (Wildman–Crippen LogP) is 4.78. The molecule has 0 bridgehead atoms. The van der Waals surface area contributed by atoms with Crippen LogP contribution in [-0.4, -0.2) is 15.7 Å². The van der Waals surface area contributed by atoms with Gasteiger partial charge in [0.15, 0.2) is 0 Å². The largest absolute Gasteiger partial charge is 0.229 e. The number of rotatable bonds is 3. The highest BCUT2D eigenvalue weighted by Crippen LogP contribution is 2.40. The van der Waals surface area contributed by atoms with Crippen LogP contribution in [0.1, 0.15) is 11.8 Å². The summed E-state index contributed by atoms with van der Waals surface area (Å²) in [6, 6.07) is 10.5. The normalized spacial score (nSPS) is 11.1. The summed E-state index contributed by atoms with van der Waals surface area (Å²) in [4.78, 5) is 11.3. The van der Waals surface area contributed by atoms with Gasteiger partial charge in [0, 0.05) is 10.4 Å². The molecule has 2 heterocycles. The first-order valence-electron chi connectivity index (χ1n) is 6.23. The number of aryl methyl sites for hydroxylation is 1. The minimum absolute atomic E-state index is 1.02. The van der Waals surface area contributed by atoms with E-state index in [4.69, 9.17) is 0 Å². The van der Waals surface area contributed by atoms with Gasteiger partial charge in [-0.15, -0.1) is 23.1 Å². The Morgan fingerprint density at radius 3 is 2.68 bits per heavy atom. The first-order valence-corrected chi connectivity index (χ1v) is 8.03. The van der Waals surface area contributed by atoms with Gasteiger partial charge in [0.25, 0.3) is 0 Å². The molecule has 0 fully saturated rings. The van der Waals surface area contributed by atoms with E-state index in [-0.39, 0.29) is 0 Å². The fourth-order valence-electron chi connectivity index (χ4n) is 2.22. The highest BCUT2D eigenvalue weighted by molar-refractivity contribution is 7.99. The van der Waals surface area contributed by atoms with E-state index in [0.29, 0.717) is 0 Å². The van der Waals surface area contributed by atoms with Crippen LogP contribution in [0.25, 0.3) is 21.3 Å². The summed E-state index contributed by atoms with van der Waals surface area (Å²) >= 11 is 3.53. The lowest BCUT2D eigenvalue weighted by molar-refractivity contribution is 1.11. The second kappa shape index (κ2) is 5.31. The van der Waals surface area contributed by atoms with Crippen LogP contribution in [0.4, 0.5) is 0 Å². The van der Waals surface area contributed by atoms with Gasteiger partial charge in [0.2, 0.25) is 0 Å². The molecule has 0 radical (unpaired) electrons. The zero-order chi connectivity index (χ0) is 13.2. The molecular weight excluding hydrogens is 272 g/mol. The summed E-state index contributed by atoms with van der Waals surface area (Å²) in [6.45, 7) is 4.31. The molecule has 3 aromatic rings. The first-order chi connectivity index (χ1) is 9.31. The molecule has 0 aliphatic rings. The van der Waals surface area contributed by atoms with E-state index < -0.39 is 0 Å². The lowest BCUT2D eigenvalue weighted by Crippen LogP contribution is -1.86. The van der Waals surface area contributed by atoms with Gasteiger partial charge in [-0.1, -0.05) is 37.3 Å². The average molecular weight is 286 g/mol. The summed E-state index contributed by atoms with van der Waals surface area (Å²) in [5.74, 6) is 1.02. The van der Waals surface area contributed by atoms with Gasteiger partial charge in [-0.2, -0.15) is 0 Å². The monoisotopic (exact) mass is 286 g/mol. The van der Waals surface area contributed by atoms with E-state index in [1.54, 1.807) is 29.4 Å². The van der Waals surface area contributed by atoms with E-state index >= 15 is 0 Å². The van der Waals surface area contributed by atoms with Gasteiger partial charge in [-0.3, -0.25) is 0 Å². The highest BCUT2D eigenvalue weighted by Gasteiger charge is 2.16. The molecule has 0 saturated carbocycles. The van der Waals surface area contributed by atoms with Crippen LogP contribution in [0.3, 0.4) is 0 Å². The molecule has 2 aromatic heterocycles. The summed E-state index contributed by atoms with van der Waals surface area (Å²) in [6.07, 6.45) is 1.67. The highest BCUT2D eigenvalue weighted by atomic mass is 32.2. The van der Waals surface area contributed by atoms with E-state index in [1.165, 1.54) is 21.4 Å². The minimum Gasteiger partial charge on any atom is -0.229 e. The van der Waals surface area contributed by atoms with Crippen molar-refractivity contribution in [1.82, 2.24) is 9.97 Å². The Balaban J connectivity index is 2.32. The number of fused-ring (bicyclic) bond motifs is 1. The number of benzene rings is 1. The molecule has 1 aromatic carbocycles. The number of hydrogen-bond donors (Lipinski definition) is 0. The number of thioether (sulfide) groups is 1. The molecule has 3 rings (SSSR count). The van der Waals surface area contributed by atoms with Gasteiger partial charge in [0.1, 0.15) is 16.2 Å². The van der Waals surface area contributed by atoms with E-state index in [2.05, 4.69) is 48.1 Å². The van der Waals surface area contributed by atoms with Crippen LogP contribution in [0, 0.1) is 6.92 Å². The smallest absolute Gasteiger partial charge is 0.128 e. The molecule has 0 atom stereocenters. The Morgan fingerprint density at radius 2 is 1.95 bits per heavy atom. The number of thiophene rings is 1. The van der Waals surface area contributed by atoms with Gasteiger partial charge < -0.3 is 0 Å². The number of aromatic nitrogens is 2. The molecule has 0 N–H and O–H groups in total. The Bertz CT molecular complexity index is 705. The number of nitrogens with zero attached hydrogens (tertiary/aromatic N) is 2. The molecule has 0 saturated heterocycles. The lowest BCUT2D eigenvalue weighted by atomic mass is 10.0. The molecule has 0 spiro atoms. The van der Waals surface area contributed by atoms with Crippen molar-refractivity contribution in [3.05, 3.63) is 41.5 Å². The average Bonchev–Trinajstić information content (AvgIpc) is 2.77. The van der Waals surface area contributed by atoms with Crippen LogP contribution >= 0.6 is 23.1 Å². The third-order valence-corrected chi connectivity index (χ3v) is 4.86. The molecular formula is C15H14N2S2. The second-order valence-corrected chi connectivity index (χ2v) is 6.65. The van der Waals surface area contributed by atoms with E-state index in [9.17, 15) is 0 Å². The predicted molar refractivity (Wildman–Crippen MR) is 84.0 cm³/mol. The van der Waals surface area contributed by atoms with Crippen LogP contribution < -0.4 is 0 Å². The molecule has 2 nitrogen and oxygen atoms in total.